The fraction of sp³-hybridized carbons (Fsp3) is 0.462. The van der Waals surface area contributed by atoms with Gasteiger partial charge in [-0.05, 0) is 65.0 Å². The average molecular weight is 596 g/mol. The molecule has 2 aliphatic heterocycles. The number of hydrogen-bond acceptors (Lipinski definition) is 5. The first-order chi connectivity index (χ1) is 17.6. The molecule has 4 rings (SSSR count). The number of carbonyl (C=O) groups is 3. The van der Waals surface area contributed by atoms with Gasteiger partial charge >= 0.3 is 12.0 Å². The van der Waals surface area contributed by atoms with E-state index in [0.29, 0.717) is 43.7 Å². The van der Waals surface area contributed by atoms with E-state index >= 15 is 0 Å². The normalized spacial score (nSPS) is 20.3. The number of methoxy groups -OCH3 is 1. The number of anilines is 1. The molecule has 1 aromatic heterocycles. The van der Waals surface area contributed by atoms with Gasteiger partial charge in [0, 0.05) is 29.4 Å². The van der Waals surface area contributed by atoms with E-state index in [4.69, 9.17) is 16.3 Å². The van der Waals surface area contributed by atoms with Crippen LogP contribution in [0.25, 0.3) is 0 Å². The highest BCUT2D eigenvalue weighted by atomic mass is 79.9. The molecule has 3 heterocycles. The lowest BCUT2D eigenvalue weighted by Gasteiger charge is -2.58. The molecular weight excluding hydrogens is 567 g/mol. The van der Waals surface area contributed by atoms with E-state index in [9.17, 15) is 18.8 Å². The molecule has 3 atom stereocenters. The molecule has 2 aliphatic rings. The number of amides is 3. The van der Waals surface area contributed by atoms with Gasteiger partial charge in [0.25, 0.3) is 0 Å². The Morgan fingerprint density at radius 3 is 2.57 bits per heavy atom. The summed E-state index contributed by atoms with van der Waals surface area (Å²) in [5.74, 6) is -1.25. The van der Waals surface area contributed by atoms with E-state index in [0.717, 1.165) is 4.47 Å². The zero-order chi connectivity index (χ0) is 26.9. The largest absolute Gasteiger partial charge is 0.467 e. The third kappa shape index (κ3) is 5.05. The number of ether oxygens (including phenoxy) is 1. The summed E-state index contributed by atoms with van der Waals surface area (Å²) in [5, 5.41) is 2.74. The van der Waals surface area contributed by atoms with Crippen LogP contribution in [0.1, 0.15) is 44.8 Å². The molecule has 1 unspecified atom stereocenters. The number of hydrogen-bond donors (Lipinski definition) is 1. The molecule has 37 heavy (non-hydrogen) atoms. The number of rotatable bonds is 6. The Morgan fingerprint density at radius 1 is 1.30 bits per heavy atom. The Labute approximate surface area is 228 Å². The van der Waals surface area contributed by atoms with E-state index in [1.807, 2.05) is 26.0 Å². The highest BCUT2D eigenvalue weighted by Gasteiger charge is 2.63. The average Bonchev–Trinajstić information content (AvgIpc) is 2.91. The summed E-state index contributed by atoms with van der Waals surface area (Å²) >= 11 is 9.42. The highest BCUT2D eigenvalue weighted by molar-refractivity contribution is 9.10. The van der Waals surface area contributed by atoms with E-state index in [-0.39, 0.29) is 22.9 Å². The molecule has 0 bridgehead atoms. The van der Waals surface area contributed by atoms with E-state index < -0.39 is 29.3 Å². The van der Waals surface area contributed by atoms with Crippen LogP contribution >= 0.6 is 27.5 Å². The van der Waals surface area contributed by atoms with Gasteiger partial charge < -0.3 is 19.9 Å². The Bertz CT molecular complexity index is 1190. The van der Waals surface area contributed by atoms with Gasteiger partial charge in [-0.2, -0.15) is 0 Å². The Hall–Kier alpha value is -2.72. The fourth-order valence-electron chi connectivity index (χ4n) is 5.14. The maximum absolute atomic E-state index is 13.8. The van der Waals surface area contributed by atoms with Crippen molar-refractivity contribution in [2.75, 3.05) is 25.1 Å². The summed E-state index contributed by atoms with van der Waals surface area (Å²) in [6, 6.07) is 6.42. The first-order valence-corrected chi connectivity index (χ1v) is 13.3. The molecule has 1 N–H and O–H groups in total. The SMILES string of the molecule is CC[C@H](C)[C@H](NC(=O)N1CCC2(CC1)C(=O)N(c1ccc(F)c(Cl)c1)C2c1ccc(Br)cn1)C(=O)OC. The van der Waals surface area contributed by atoms with Crippen molar-refractivity contribution in [3.8, 4) is 0 Å². The summed E-state index contributed by atoms with van der Waals surface area (Å²) in [4.78, 5) is 46.7. The molecular formula is C26H29BrClFN4O4. The minimum atomic E-state index is -0.767. The molecule has 2 fully saturated rings. The number of halogens is 3. The lowest BCUT2D eigenvalue weighted by atomic mass is 9.63. The number of aromatic nitrogens is 1. The van der Waals surface area contributed by atoms with Gasteiger partial charge in [0.2, 0.25) is 5.91 Å². The van der Waals surface area contributed by atoms with Gasteiger partial charge in [0.15, 0.2) is 0 Å². The van der Waals surface area contributed by atoms with Crippen LogP contribution in [0.4, 0.5) is 14.9 Å². The fourth-order valence-corrected chi connectivity index (χ4v) is 5.55. The Morgan fingerprint density at radius 2 is 2.00 bits per heavy atom. The molecule has 11 heteroatoms. The summed E-state index contributed by atoms with van der Waals surface area (Å²) < 4.78 is 19.5. The minimum Gasteiger partial charge on any atom is -0.467 e. The van der Waals surface area contributed by atoms with Crippen LogP contribution in [0.15, 0.2) is 41.0 Å². The number of urea groups is 1. The number of β-lactam (4-membered cyclic amide) rings is 1. The standard InChI is InChI=1S/C26H29BrClFN4O4/c1-4-15(2)21(23(34)37-3)31-25(36)32-11-9-26(10-12-32)22(20-8-5-16(27)14-30-20)33(24(26)35)17-6-7-19(29)18(28)13-17/h5-8,13-15,21-22H,4,9-12H2,1-3H3,(H,31,36)/t15-,21-,22?/m0/s1. The number of nitrogens with one attached hydrogen (secondary N) is 1. The van der Waals surface area contributed by atoms with Crippen LogP contribution in [-0.4, -0.2) is 54.0 Å². The summed E-state index contributed by atoms with van der Waals surface area (Å²) in [7, 11) is 1.30. The molecule has 3 amide bonds. The first kappa shape index (κ1) is 27.3. The molecule has 0 radical (unpaired) electrons. The van der Waals surface area contributed by atoms with E-state index in [2.05, 4.69) is 26.2 Å². The van der Waals surface area contributed by atoms with Gasteiger partial charge in [0.05, 0.1) is 29.3 Å². The quantitative estimate of drug-likeness (QED) is 0.371. The predicted molar refractivity (Wildman–Crippen MR) is 141 cm³/mol. The summed E-state index contributed by atoms with van der Waals surface area (Å²) in [5.41, 5.74) is 0.423. The summed E-state index contributed by atoms with van der Waals surface area (Å²) in [6.45, 7) is 4.48. The zero-order valence-electron chi connectivity index (χ0n) is 20.8. The highest BCUT2D eigenvalue weighted by Crippen LogP contribution is 2.57. The van der Waals surface area contributed by atoms with Crippen LogP contribution in [0.5, 0.6) is 0 Å². The van der Waals surface area contributed by atoms with Gasteiger partial charge in [0.1, 0.15) is 11.9 Å². The summed E-state index contributed by atoms with van der Waals surface area (Å²) in [6.07, 6.45) is 3.20. The lowest BCUT2D eigenvalue weighted by Crippen LogP contribution is -2.67. The van der Waals surface area contributed by atoms with Crippen LogP contribution < -0.4 is 10.2 Å². The zero-order valence-corrected chi connectivity index (χ0v) is 23.2. The van der Waals surface area contributed by atoms with Gasteiger partial charge in [-0.3, -0.25) is 9.78 Å². The maximum atomic E-state index is 13.8. The smallest absolute Gasteiger partial charge is 0.328 e. The lowest BCUT2D eigenvalue weighted by molar-refractivity contribution is -0.144. The van der Waals surface area contributed by atoms with Crippen LogP contribution in [0, 0.1) is 17.2 Å². The second-order valence-corrected chi connectivity index (χ2v) is 10.9. The van der Waals surface area contributed by atoms with Crippen molar-refractivity contribution in [1.82, 2.24) is 15.2 Å². The maximum Gasteiger partial charge on any atom is 0.328 e. The number of piperidine rings is 1. The molecule has 2 aromatic rings. The number of nitrogens with zero attached hydrogens (tertiary/aromatic N) is 3. The van der Waals surface area contributed by atoms with Crippen molar-refractivity contribution in [1.29, 1.82) is 0 Å². The number of esters is 1. The second kappa shape index (κ2) is 10.9. The third-order valence-corrected chi connectivity index (χ3v) is 8.29. The number of carbonyl (C=O) groups excluding carboxylic acids is 3. The topological polar surface area (TPSA) is 91.8 Å². The number of likely N-dealkylation sites (tertiary alicyclic amines) is 1. The molecule has 198 valence electrons. The monoisotopic (exact) mass is 594 g/mol. The molecule has 1 aromatic carbocycles. The van der Waals surface area contributed by atoms with Gasteiger partial charge in [-0.25, -0.2) is 14.0 Å². The molecule has 2 saturated heterocycles. The first-order valence-electron chi connectivity index (χ1n) is 12.2. The van der Waals surface area contributed by atoms with Crippen molar-refractivity contribution in [2.45, 2.75) is 45.2 Å². The van der Waals surface area contributed by atoms with E-state index in [1.54, 1.807) is 16.0 Å². The van der Waals surface area contributed by atoms with Crippen LogP contribution in [0.3, 0.4) is 0 Å². The minimum absolute atomic E-state index is 0.0678. The number of benzene rings is 1. The van der Waals surface area contributed by atoms with Gasteiger partial charge in [-0.1, -0.05) is 31.9 Å². The van der Waals surface area contributed by atoms with Crippen molar-refractivity contribution in [3.63, 3.8) is 0 Å². The van der Waals surface area contributed by atoms with Crippen molar-refractivity contribution in [3.05, 3.63) is 57.5 Å². The Kier molecular flexibility index (Phi) is 8.08. The second-order valence-electron chi connectivity index (χ2n) is 9.56. The molecule has 0 saturated carbocycles. The van der Waals surface area contributed by atoms with Crippen LogP contribution in [0.2, 0.25) is 5.02 Å². The molecule has 8 nitrogen and oxygen atoms in total. The van der Waals surface area contributed by atoms with Gasteiger partial charge in [-0.15, -0.1) is 0 Å². The molecule has 1 spiro atoms. The predicted octanol–water partition coefficient (Wildman–Crippen LogP) is 5.10. The van der Waals surface area contributed by atoms with E-state index in [1.165, 1.54) is 25.3 Å². The Balaban J connectivity index is 1.56. The molecule has 0 aliphatic carbocycles. The van der Waals surface area contributed by atoms with Crippen LogP contribution in [-0.2, 0) is 14.3 Å². The van der Waals surface area contributed by atoms with Crippen molar-refractivity contribution >= 4 is 51.1 Å². The van der Waals surface area contributed by atoms with Crippen molar-refractivity contribution in [2.24, 2.45) is 11.3 Å². The third-order valence-electron chi connectivity index (χ3n) is 7.53. The van der Waals surface area contributed by atoms with Crippen molar-refractivity contribution < 1.29 is 23.5 Å². The number of pyridine rings is 1.